The molecule has 2 N–H and O–H groups in total. The molecule has 2 heterocycles. The van der Waals surface area contributed by atoms with E-state index in [0.29, 0.717) is 0 Å². The van der Waals surface area contributed by atoms with Crippen molar-refractivity contribution in [3.8, 4) is 0 Å². The molecule has 0 spiro atoms. The molecule has 150 valence electrons. The molecule has 0 unspecified atom stereocenters. The van der Waals surface area contributed by atoms with Gasteiger partial charge in [0.2, 0.25) is 0 Å². The fraction of sp³-hybridized carbons (Fsp3) is 0.650. The number of morpholine rings is 2. The van der Waals surface area contributed by atoms with Gasteiger partial charge in [-0.1, -0.05) is 24.3 Å². The second-order valence-electron chi connectivity index (χ2n) is 7.01. The molecule has 2 saturated heterocycles. The lowest BCUT2D eigenvalue weighted by Crippen LogP contribution is -2.44. The number of aliphatic imine (C=N–C) groups is 1. The maximum absolute atomic E-state index is 5.41. The average Bonchev–Trinajstić information content (AvgIpc) is 2.73. The number of ether oxygens (including phenoxy) is 2. The predicted molar refractivity (Wildman–Crippen MR) is 108 cm³/mol. The number of guanidine groups is 1. The van der Waals surface area contributed by atoms with Crippen LogP contribution < -0.4 is 10.6 Å². The molecule has 2 aliphatic rings. The van der Waals surface area contributed by atoms with Crippen molar-refractivity contribution in [2.45, 2.75) is 13.1 Å². The lowest BCUT2D eigenvalue weighted by molar-refractivity contribution is 0.0342. The summed E-state index contributed by atoms with van der Waals surface area (Å²) in [6.45, 7) is 11.1. The first-order chi connectivity index (χ1) is 13.3. The standard InChI is InChI=1S/C20H33N5O2/c1-21-20(22-6-7-24-8-12-26-13-9-24)23-16-18-2-4-19(5-3-18)17-25-10-14-27-15-11-25/h2-5H,6-17H2,1H3,(H2,21,22,23). The Bertz CT molecular complexity index is 566. The highest BCUT2D eigenvalue weighted by molar-refractivity contribution is 5.79. The SMILES string of the molecule is CN=C(NCCN1CCOCC1)NCc1ccc(CN2CCOCC2)cc1. The molecule has 0 atom stereocenters. The minimum Gasteiger partial charge on any atom is -0.379 e. The summed E-state index contributed by atoms with van der Waals surface area (Å²) in [7, 11) is 1.81. The summed E-state index contributed by atoms with van der Waals surface area (Å²) in [5.41, 5.74) is 2.62. The van der Waals surface area contributed by atoms with Crippen molar-refractivity contribution >= 4 is 5.96 Å². The van der Waals surface area contributed by atoms with E-state index in [0.717, 1.165) is 84.7 Å². The zero-order valence-corrected chi connectivity index (χ0v) is 16.5. The summed E-state index contributed by atoms with van der Waals surface area (Å²) in [4.78, 5) is 9.17. The molecule has 0 bridgehead atoms. The first-order valence-electron chi connectivity index (χ1n) is 9.96. The number of rotatable bonds is 7. The fourth-order valence-corrected chi connectivity index (χ4v) is 3.34. The number of nitrogens with zero attached hydrogens (tertiary/aromatic N) is 3. The zero-order chi connectivity index (χ0) is 18.7. The molecule has 0 saturated carbocycles. The van der Waals surface area contributed by atoms with Gasteiger partial charge in [-0.05, 0) is 11.1 Å². The Labute approximate surface area is 162 Å². The molecule has 0 aliphatic carbocycles. The van der Waals surface area contributed by atoms with E-state index in [2.05, 4.69) is 49.7 Å². The lowest BCUT2D eigenvalue weighted by atomic mass is 10.1. The molecule has 2 fully saturated rings. The summed E-state index contributed by atoms with van der Waals surface area (Å²) < 4.78 is 10.8. The van der Waals surface area contributed by atoms with Crippen molar-refractivity contribution in [1.82, 2.24) is 20.4 Å². The van der Waals surface area contributed by atoms with E-state index in [1.54, 1.807) is 0 Å². The molecule has 7 nitrogen and oxygen atoms in total. The smallest absolute Gasteiger partial charge is 0.191 e. The van der Waals surface area contributed by atoms with Gasteiger partial charge in [-0.3, -0.25) is 14.8 Å². The van der Waals surface area contributed by atoms with Crippen LogP contribution in [0.3, 0.4) is 0 Å². The van der Waals surface area contributed by atoms with E-state index in [9.17, 15) is 0 Å². The molecule has 1 aromatic carbocycles. The molecule has 2 aliphatic heterocycles. The van der Waals surface area contributed by atoms with Gasteiger partial charge in [0.1, 0.15) is 0 Å². The number of hydrogen-bond donors (Lipinski definition) is 2. The molecule has 0 amide bonds. The Kier molecular flexibility index (Phi) is 8.35. The summed E-state index contributed by atoms with van der Waals surface area (Å²) in [6, 6.07) is 8.84. The van der Waals surface area contributed by atoms with Crippen molar-refractivity contribution in [1.29, 1.82) is 0 Å². The first-order valence-corrected chi connectivity index (χ1v) is 9.96. The minimum atomic E-state index is 0.773. The van der Waals surface area contributed by atoms with Gasteiger partial charge >= 0.3 is 0 Å². The van der Waals surface area contributed by atoms with Crippen LogP contribution >= 0.6 is 0 Å². The normalized spacial score (nSPS) is 19.8. The third kappa shape index (κ3) is 7.10. The Morgan fingerprint density at radius 1 is 0.889 bits per heavy atom. The van der Waals surface area contributed by atoms with E-state index < -0.39 is 0 Å². The van der Waals surface area contributed by atoms with Gasteiger partial charge in [0.05, 0.1) is 26.4 Å². The van der Waals surface area contributed by atoms with Gasteiger partial charge in [0, 0.05) is 59.4 Å². The van der Waals surface area contributed by atoms with E-state index in [1.807, 2.05) is 7.05 Å². The summed E-state index contributed by atoms with van der Waals surface area (Å²) in [5.74, 6) is 0.848. The topological polar surface area (TPSA) is 61.4 Å². The molecule has 1 aromatic rings. The van der Waals surface area contributed by atoms with E-state index in [4.69, 9.17) is 9.47 Å². The summed E-state index contributed by atoms with van der Waals surface area (Å²) in [6.07, 6.45) is 0. The third-order valence-electron chi connectivity index (χ3n) is 5.04. The average molecular weight is 376 g/mol. The van der Waals surface area contributed by atoms with Crippen LogP contribution in [0.2, 0.25) is 0 Å². The van der Waals surface area contributed by atoms with Gasteiger partial charge in [-0.15, -0.1) is 0 Å². The highest BCUT2D eigenvalue weighted by Crippen LogP contribution is 2.09. The van der Waals surface area contributed by atoms with Gasteiger partial charge in [-0.2, -0.15) is 0 Å². The number of hydrogen-bond acceptors (Lipinski definition) is 5. The molecule has 27 heavy (non-hydrogen) atoms. The van der Waals surface area contributed by atoms with Crippen LogP contribution in [0.25, 0.3) is 0 Å². The van der Waals surface area contributed by atoms with Gasteiger partial charge in [-0.25, -0.2) is 0 Å². The first kappa shape index (κ1) is 20.1. The fourth-order valence-electron chi connectivity index (χ4n) is 3.34. The summed E-state index contributed by atoms with van der Waals surface area (Å²) >= 11 is 0. The largest absolute Gasteiger partial charge is 0.379 e. The second-order valence-corrected chi connectivity index (χ2v) is 7.01. The highest BCUT2D eigenvalue weighted by atomic mass is 16.5. The van der Waals surface area contributed by atoms with E-state index >= 15 is 0 Å². The maximum Gasteiger partial charge on any atom is 0.191 e. The molecule has 7 heteroatoms. The van der Waals surface area contributed by atoms with Gasteiger partial charge in [0.25, 0.3) is 0 Å². The van der Waals surface area contributed by atoms with E-state index in [1.165, 1.54) is 11.1 Å². The summed E-state index contributed by atoms with van der Waals surface area (Å²) in [5, 5.41) is 6.78. The van der Waals surface area contributed by atoms with Crippen molar-refractivity contribution in [3.63, 3.8) is 0 Å². The van der Waals surface area contributed by atoms with Gasteiger partial charge in [0.15, 0.2) is 5.96 Å². The molecular formula is C20H33N5O2. The predicted octanol–water partition coefficient (Wildman–Crippen LogP) is 0.516. The molecule has 3 rings (SSSR count). The molecule has 0 aromatic heterocycles. The monoisotopic (exact) mass is 375 g/mol. The Balaban J connectivity index is 1.36. The lowest BCUT2D eigenvalue weighted by Gasteiger charge is -2.26. The van der Waals surface area contributed by atoms with Crippen molar-refractivity contribution in [3.05, 3.63) is 35.4 Å². The number of benzene rings is 1. The highest BCUT2D eigenvalue weighted by Gasteiger charge is 2.11. The zero-order valence-electron chi connectivity index (χ0n) is 16.5. The van der Waals surface area contributed by atoms with Crippen LogP contribution in [0.5, 0.6) is 0 Å². The van der Waals surface area contributed by atoms with Crippen LogP contribution in [0.1, 0.15) is 11.1 Å². The van der Waals surface area contributed by atoms with Crippen molar-refractivity contribution in [2.24, 2.45) is 4.99 Å². The van der Waals surface area contributed by atoms with Crippen LogP contribution in [0.15, 0.2) is 29.3 Å². The van der Waals surface area contributed by atoms with Crippen molar-refractivity contribution < 1.29 is 9.47 Å². The van der Waals surface area contributed by atoms with Crippen LogP contribution in [0, 0.1) is 0 Å². The van der Waals surface area contributed by atoms with Crippen LogP contribution in [-0.4, -0.2) is 88.5 Å². The van der Waals surface area contributed by atoms with Crippen LogP contribution in [-0.2, 0) is 22.6 Å². The van der Waals surface area contributed by atoms with Gasteiger partial charge < -0.3 is 20.1 Å². The Hall–Kier alpha value is -1.67. The third-order valence-corrected chi connectivity index (χ3v) is 5.04. The van der Waals surface area contributed by atoms with Crippen LogP contribution in [0.4, 0.5) is 0 Å². The Morgan fingerprint density at radius 2 is 1.48 bits per heavy atom. The maximum atomic E-state index is 5.41. The Morgan fingerprint density at radius 3 is 2.11 bits per heavy atom. The van der Waals surface area contributed by atoms with E-state index in [-0.39, 0.29) is 0 Å². The minimum absolute atomic E-state index is 0.773. The molecule has 0 radical (unpaired) electrons. The number of nitrogens with one attached hydrogen (secondary N) is 2. The molecular weight excluding hydrogens is 342 g/mol. The quantitative estimate of drug-likeness (QED) is 0.535. The second kappa shape index (κ2) is 11.2. The van der Waals surface area contributed by atoms with Crippen molar-refractivity contribution in [2.75, 3.05) is 72.7 Å².